The number of fused-ring (bicyclic) bond motifs is 3. The molecule has 2 aliphatic rings. The molecule has 0 fully saturated rings. The summed E-state index contributed by atoms with van der Waals surface area (Å²) in [6.45, 7) is 25.9. The van der Waals surface area contributed by atoms with E-state index in [0.29, 0.717) is 71.7 Å². The van der Waals surface area contributed by atoms with Crippen molar-refractivity contribution in [2.75, 3.05) is 70.6 Å². The van der Waals surface area contributed by atoms with Crippen molar-refractivity contribution in [3.63, 3.8) is 0 Å². The topological polar surface area (TPSA) is 452 Å². The molecule has 0 saturated carbocycles. The van der Waals surface area contributed by atoms with Crippen LogP contribution in [-0.2, 0) is 48.0 Å². The molecule has 0 bridgehead atoms. The van der Waals surface area contributed by atoms with Gasteiger partial charge in [-0.05, 0) is 189 Å². The van der Waals surface area contributed by atoms with Gasteiger partial charge in [-0.3, -0.25) is 24.4 Å². The summed E-state index contributed by atoms with van der Waals surface area (Å²) in [7, 11) is 7.16. The van der Waals surface area contributed by atoms with Crippen LogP contribution in [0.5, 0.6) is 17.2 Å². The van der Waals surface area contributed by atoms with Crippen molar-refractivity contribution in [2.45, 2.75) is 175 Å². The smallest absolute Gasteiger partial charge is 1.00 e. The minimum Gasteiger partial charge on any atom is -1.00 e. The van der Waals surface area contributed by atoms with Crippen molar-refractivity contribution in [3.8, 4) is 23.3 Å². The molecule has 7 atom stereocenters. The Balaban J connectivity index is -0.000000338. The molecule has 0 spiro atoms. The number of thiol groups is 1. The van der Waals surface area contributed by atoms with Gasteiger partial charge in [0.05, 0.1) is 47.8 Å². The van der Waals surface area contributed by atoms with E-state index in [1.54, 1.807) is 41.9 Å². The van der Waals surface area contributed by atoms with E-state index in [9.17, 15) is 28.8 Å². The van der Waals surface area contributed by atoms with Gasteiger partial charge in [-0.2, -0.15) is 17.9 Å². The number of alkyl halides is 1. The number of nitrogens with two attached hydrogens (primary N) is 1. The van der Waals surface area contributed by atoms with Gasteiger partial charge in [0.25, 0.3) is 12.9 Å². The van der Waals surface area contributed by atoms with Gasteiger partial charge < -0.3 is 92.6 Å². The number of carboxylic acid groups (broad SMARTS) is 3. The van der Waals surface area contributed by atoms with Crippen molar-refractivity contribution < 1.29 is 311 Å². The first kappa shape index (κ1) is 121. The summed E-state index contributed by atoms with van der Waals surface area (Å²) in [5.41, 5.74) is 7.67. The van der Waals surface area contributed by atoms with Gasteiger partial charge >= 0.3 is 242 Å². The number of thioether (sulfide) groups is 2. The molecular weight excluding hydrogens is 1770 g/mol. The first-order chi connectivity index (χ1) is 52.6. The van der Waals surface area contributed by atoms with E-state index in [4.69, 9.17) is 74.8 Å². The molecule has 117 heavy (non-hydrogen) atoms. The second kappa shape index (κ2) is 63.4. The number of rotatable bonds is 26. The zero-order valence-electron chi connectivity index (χ0n) is 72.5. The third-order valence-corrected chi connectivity index (χ3v) is 18.5. The Hall–Kier alpha value is -2.51. The minimum absolute atomic E-state index is 0. The summed E-state index contributed by atoms with van der Waals surface area (Å²) >= 11 is 9.84. The Bertz CT molecular complexity index is 4160. The predicted molar refractivity (Wildman–Crippen MR) is 442 cm³/mol. The summed E-state index contributed by atoms with van der Waals surface area (Å²) in [6.07, 6.45) is 2.26. The number of amides is 3. The van der Waals surface area contributed by atoms with Gasteiger partial charge in [0.15, 0.2) is 12.1 Å². The van der Waals surface area contributed by atoms with Crippen LogP contribution in [0.4, 0.5) is 14.4 Å². The molecule has 8 rings (SSSR count). The zero-order chi connectivity index (χ0) is 84.6. The number of halogens is 2. The van der Waals surface area contributed by atoms with Crippen molar-refractivity contribution in [3.05, 3.63) is 108 Å². The fourth-order valence-electron chi connectivity index (χ4n) is 8.71. The van der Waals surface area contributed by atoms with Gasteiger partial charge in [0, 0.05) is 96.9 Å². The summed E-state index contributed by atoms with van der Waals surface area (Å²) in [5.74, 6) is 0.544. The quantitative estimate of drug-likeness (QED) is 0.00705. The number of carboxylic acids is 3. The number of hydrogen-bond acceptors (Lipinski definition) is 29. The monoisotopic (exact) mass is 1880 g/mol. The number of nitrogens with one attached hydrogen (secondary N) is 1. The molecule has 3 aromatic heterocycles. The molecule has 2 aliphatic heterocycles. The molecular formula is C76H107BrClK4N11O21S3. The number of carbonyl (C=O) groups excluding carboxylic acids is 5. The van der Waals surface area contributed by atoms with Crippen molar-refractivity contribution in [1.82, 2.24) is 35.0 Å². The fraction of sp³-hybridized carbons (Fsp3) is 0.500. The maximum absolute atomic E-state index is 12.2. The predicted octanol–water partition coefficient (Wildman–Crippen LogP) is -1.22. The first-order valence-corrected chi connectivity index (χ1v) is 38.8. The summed E-state index contributed by atoms with van der Waals surface area (Å²) in [6, 6.07) is 28.6. The second-order valence-electron chi connectivity index (χ2n) is 27.9. The molecule has 5 heterocycles. The van der Waals surface area contributed by atoms with E-state index in [0.717, 1.165) is 73.8 Å². The molecule has 3 amide bonds. The Morgan fingerprint density at radius 1 is 0.590 bits per heavy atom. The number of nitrogens with zero attached hydrogens (tertiary/aromatic N) is 9. The number of aromatic nitrogens is 3. The first-order valence-electron chi connectivity index (χ1n) is 35.1. The Morgan fingerprint density at radius 3 is 1.17 bits per heavy atom. The molecule has 3 aromatic carbocycles. The van der Waals surface area contributed by atoms with E-state index in [-0.39, 0.29) is 276 Å². The van der Waals surface area contributed by atoms with Crippen molar-refractivity contribution in [1.29, 1.82) is 5.26 Å². The van der Waals surface area contributed by atoms with Crippen LogP contribution >= 0.6 is 64.5 Å². The van der Waals surface area contributed by atoms with Crippen LogP contribution in [0.25, 0.3) is 32.7 Å². The molecule has 0 radical (unpaired) electrons. The van der Waals surface area contributed by atoms with E-state index >= 15 is 0 Å². The number of benzene rings is 3. The van der Waals surface area contributed by atoms with Crippen molar-refractivity contribution >= 4 is 156 Å². The summed E-state index contributed by atoms with van der Waals surface area (Å²) < 4.78 is 33.5. The Kier molecular flexibility index (Phi) is 65.5. The number of ether oxygens (including phenoxy) is 6. The number of aliphatic imine (C=N–C) groups is 2. The summed E-state index contributed by atoms with van der Waals surface area (Å²) in [4.78, 5) is 117. The zero-order valence-corrected chi connectivity index (χ0v) is 87.9. The number of nitriles is 1. The van der Waals surface area contributed by atoms with Gasteiger partial charge in [-0.15, -0.1) is 35.9 Å². The average molecular weight is 1880 g/mol. The fourth-order valence-corrected chi connectivity index (χ4v) is 11.5. The largest absolute Gasteiger partial charge is 1.00 e. The van der Waals surface area contributed by atoms with Gasteiger partial charge in [0.2, 0.25) is 0 Å². The third-order valence-electron chi connectivity index (χ3n) is 15.5. The minimum atomic E-state index is -1.00. The number of aliphatic carboxylic acids is 3. The molecule has 0 aliphatic carbocycles. The van der Waals surface area contributed by atoms with E-state index in [1.165, 1.54) is 23.5 Å². The van der Waals surface area contributed by atoms with E-state index < -0.39 is 52.8 Å². The van der Waals surface area contributed by atoms with Crippen LogP contribution in [-0.4, -0.2) is 234 Å². The number of hydrogen-bond donors (Lipinski definition) is 6. The van der Waals surface area contributed by atoms with Crippen LogP contribution in [0.1, 0.15) is 136 Å². The van der Waals surface area contributed by atoms with E-state index in [2.05, 4.69) is 75.5 Å². The molecule has 4 unspecified atom stereocenters. The SMILES string of the molecule is CC(CCBr)N(C)C(=O)OC(C)(C)C.CC(CCOc1ccc2nc(C#N)ccc2c1)N(C)C(=O)OC(C)(C)C.CC(CCOc1ccc2nc(C3=N[C@@H](C(=O)O)CS3)ccc2c1)N(C)C(=O)OC(C)(C)C.CNC(C)CCOc1ccc2nc(C3=N[C@@H](C(=O)O)CS3)ccc2c1.Cl.N[C@H](CS)C(=O)O.O=CO[O-].O=CO[O-].[H-].[H-].[K+].[K+].[K+].[K+]. The van der Waals surface area contributed by atoms with Crippen LogP contribution < -0.4 is 241 Å². The molecule has 6 aromatic rings. The maximum atomic E-state index is 12.2. The number of pyridine rings is 3. The van der Waals surface area contributed by atoms with E-state index in [1.807, 2.05) is 181 Å². The Labute approximate surface area is 886 Å². The maximum Gasteiger partial charge on any atom is 1.00 e. The van der Waals surface area contributed by atoms with Crippen molar-refractivity contribution in [2.24, 2.45) is 15.7 Å². The standard InChI is InChI=1S/C23H29N3O5S.C20H25N3O3.C18H21N3O3S.C10H20BrNO2.C3H7NO2S.2CH2O3.ClH.4K.2H/c1-14(26(5)22(29)31-23(2,3)4)10-11-30-16-7-9-17-15(12-16)6-8-18(24-17)20-25-19(13-32-20)21(27)28;1-14(23(5)19(24)26-20(2,3)4)10-11-25-17-8-9-18-15(12-17)6-7-16(13-21)22-18;1-11(19-2)7-8-24-13-4-6-14-12(9-13)3-5-15(20-14)17-21-16(10-25-17)18(22)23;1-8(6-7-11)12(5)9(13)14-10(2,3)4;4-2(1-7)3(5)6;2*2-1-4-3;;;;;;;/h6-9,12,14,19H,10-11,13H2,1-5H3,(H,27,28);6-9,12,14H,10-11H2,1-5H3;3-6,9,11,16,19H,7-8,10H2,1-2H3,(H,22,23);8H,6-7H2,1-5H3;2,7H,1,4H2,(H,5,6);2*1,3H;1H;;;;;;/q;;;;;;;;4*+1;2*-1/p-2/t14?,19-;;11?,16-;;2-;;;;;;;;;/m1.1.1........./s1. The molecule has 0 saturated heterocycles. The third kappa shape index (κ3) is 49.1. The molecule has 41 heteroatoms. The number of carbonyl (C=O) groups is 8. The second-order valence-corrected chi connectivity index (χ2v) is 31.1. The normalized spacial score (nSPS) is 14.1. The Morgan fingerprint density at radius 2 is 0.906 bits per heavy atom. The van der Waals surface area contributed by atoms with Crippen LogP contribution in [0.2, 0.25) is 0 Å². The van der Waals surface area contributed by atoms with Crippen LogP contribution in [0.3, 0.4) is 0 Å². The molecule has 6 N–H and O–H groups in total. The van der Waals surface area contributed by atoms with Crippen LogP contribution in [0, 0.1) is 11.3 Å². The van der Waals surface area contributed by atoms with Gasteiger partial charge in [-0.25, -0.2) is 38.9 Å². The summed E-state index contributed by atoms with van der Waals surface area (Å²) in [5, 5.41) is 60.2. The van der Waals surface area contributed by atoms with Gasteiger partial charge in [0.1, 0.15) is 61.9 Å². The average Bonchev–Trinajstić information content (AvgIpc) is 1.82. The van der Waals surface area contributed by atoms with Crippen LogP contribution in [0.15, 0.2) is 101 Å². The molecule has 628 valence electrons. The molecule has 32 nitrogen and oxygen atoms in total. The van der Waals surface area contributed by atoms with Gasteiger partial charge in [-0.1, -0.05) is 28.1 Å².